The molecule has 2 aliphatic heterocycles. The van der Waals surface area contributed by atoms with Gasteiger partial charge in [0.15, 0.2) is 5.58 Å². The van der Waals surface area contributed by atoms with Gasteiger partial charge in [0.2, 0.25) is 0 Å². The van der Waals surface area contributed by atoms with Crippen LogP contribution in [0.4, 0.5) is 19.2 Å². The molecule has 1 aromatic carbocycles. The van der Waals surface area contributed by atoms with Crippen LogP contribution in [0.5, 0.6) is 0 Å². The number of carbonyl (C=O) groups excluding carboxylic acids is 1. The topological polar surface area (TPSA) is 80.5 Å². The van der Waals surface area contributed by atoms with Crippen LogP contribution in [-0.2, 0) is 10.9 Å². The van der Waals surface area contributed by atoms with Crippen molar-refractivity contribution >= 4 is 34.4 Å². The molecule has 2 aliphatic rings. The molecule has 2 saturated heterocycles. The molecular weight excluding hydrogens is 445 g/mol. The maximum Gasteiger partial charge on any atom is 0.419 e. The Hall–Kier alpha value is -2.66. The van der Waals surface area contributed by atoms with Crippen molar-refractivity contribution in [2.24, 2.45) is 0 Å². The molecule has 2 aromatic heterocycles. The van der Waals surface area contributed by atoms with Crippen LogP contribution < -0.4 is 10.2 Å². The summed E-state index contributed by atoms with van der Waals surface area (Å²) in [6.07, 6.45) is -0.159. The van der Waals surface area contributed by atoms with Gasteiger partial charge in [0, 0.05) is 36.8 Å². The molecule has 4 heterocycles. The first-order valence-electron chi connectivity index (χ1n) is 10.5. The average Bonchev–Trinajstić information content (AvgIpc) is 3.42. The number of rotatable bonds is 4. The van der Waals surface area contributed by atoms with Crippen molar-refractivity contribution in [3.8, 4) is 10.6 Å². The third-order valence-electron chi connectivity index (χ3n) is 5.83. The van der Waals surface area contributed by atoms with Gasteiger partial charge in [-0.15, -0.1) is 11.3 Å². The first-order valence-corrected chi connectivity index (χ1v) is 11.4. The van der Waals surface area contributed by atoms with E-state index in [1.165, 1.54) is 11.3 Å². The van der Waals surface area contributed by atoms with Gasteiger partial charge in [-0.2, -0.15) is 18.2 Å². The number of hydrogen-bond donors (Lipinski definition) is 1. The van der Waals surface area contributed by atoms with E-state index in [4.69, 9.17) is 9.15 Å². The molecule has 0 radical (unpaired) electrons. The maximum atomic E-state index is 14.2. The summed E-state index contributed by atoms with van der Waals surface area (Å²) in [6, 6.07) is 1.77. The van der Waals surface area contributed by atoms with E-state index in [9.17, 15) is 18.0 Å². The highest BCUT2D eigenvalue weighted by molar-refractivity contribution is 7.13. The highest BCUT2D eigenvalue weighted by atomic mass is 32.1. The highest BCUT2D eigenvalue weighted by Crippen LogP contribution is 2.43. The molecule has 2 bridgehead atoms. The number of hydrogen-bond acceptors (Lipinski definition) is 8. The van der Waals surface area contributed by atoms with Crippen molar-refractivity contribution < 1.29 is 27.1 Å². The molecule has 0 amide bonds. The fourth-order valence-electron chi connectivity index (χ4n) is 4.54. The van der Waals surface area contributed by atoms with Crippen LogP contribution in [0.2, 0.25) is 0 Å². The predicted molar refractivity (Wildman–Crippen MR) is 113 cm³/mol. The molecule has 7 nitrogen and oxygen atoms in total. The van der Waals surface area contributed by atoms with Crippen molar-refractivity contribution in [2.45, 2.75) is 44.4 Å². The van der Waals surface area contributed by atoms with Gasteiger partial charge in [-0.05, 0) is 25.8 Å². The number of oxazole rings is 1. The molecule has 1 N–H and O–H groups in total. The van der Waals surface area contributed by atoms with E-state index in [2.05, 4.69) is 15.3 Å². The number of alkyl halides is 3. The Labute approximate surface area is 185 Å². The summed E-state index contributed by atoms with van der Waals surface area (Å²) in [7, 11) is 0. The summed E-state index contributed by atoms with van der Waals surface area (Å²) in [5, 5.41) is 5.68. The number of esters is 1. The van der Waals surface area contributed by atoms with Gasteiger partial charge in [0.05, 0.1) is 23.3 Å². The largest absolute Gasteiger partial charge is 0.462 e. The quantitative estimate of drug-likeness (QED) is 0.568. The Morgan fingerprint density at radius 3 is 2.72 bits per heavy atom. The summed E-state index contributed by atoms with van der Waals surface area (Å²) in [5.41, 5.74) is -1.86. The number of ether oxygens (including phenoxy) is 1. The summed E-state index contributed by atoms with van der Waals surface area (Å²) < 4.78 is 53.4. The zero-order valence-electron chi connectivity index (χ0n) is 17.2. The Kier molecular flexibility index (Phi) is 5.32. The Bertz CT molecular complexity index is 1130. The highest BCUT2D eigenvalue weighted by Gasteiger charge is 2.42. The number of fused-ring (bicyclic) bond motifs is 3. The molecular formula is C21H21F3N4O3S. The molecule has 170 valence electrons. The number of carbonyl (C=O) groups is 1. The zero-order valence-corrected chi connectivity index (χ0v) is 18.1. The molecule has 0 aliphatic carbocycles. The predicted octanol–water partition coefficient (Wildman–Crippen LogP) is 4.48. The summed E-state index contributed by atoms with van der Waals surface area (Å²) in [6.45, 7) is 2.69. The zero-order chi connectivity index (χ0) is 22.5. The third kappa shape index (κ3) is 3.73. The lowest BCUT2D eigenvalue weighted by Crippen LogP contribution is -2.58. The lowest BCUT2D eigenvalue weighted by Gasteiger charge is -2.41. The molecule has 0 spiro atoms. The van der Waals surface area contributed by atoms with Gasteiger partial charge in [0.1, 0.15) is 10.5 Å². The Morgan fingerprint density at radius 2 is 2.09 bits per heavy atom. The molecule has 11 heteroatoms. The van der Waals surface area contributed by atoms with Crippen molar-refractivity contribution in [3.63, 3.8) is 0 Å². The van der Waals surface area contributed by atoms with Crippen LogP contribution in [0.15, 0.2) is 22.1 Å². The number of thiazole rings is 1. The minimum Gasteiger partial charge on any atom is -0.462 e. The molecule has 2 unspecified atom stereocenters. The average molecular weight is 466 g/mol. The van der Waals surface area contributed by atoms with Crippen LogP contribution >= 0.6 is 11.3 Å². The number of nitrogens with zero attached hydrogens (tertiary/aromatic N) is 3. The molecule has 2 atom stereocenters. The lowest BCUT2D eigenvalue weighted by molar-refractivity contribution is -0.137. The number of piperidine rings is 1. The fourth-order valence-corrected chi connectivity index (χ4v) is 5.19. The number of nitrogens with one attached hydrogen (secondary N) is 1. The van der Waals surface area contributed by atoms with E-state index in [0.717, 1.165) is 25.3 Å². The van der Waals surface area contributed by atoms with E-state index in [1.807, 2.05) is 4.90 Å². The number of anilines is 1. The number of piperazine rings is 1. The van der Waals surface area contributed by atoms with Crippen molar-refractivity contribution in [1.29, 1.82) is 0 Å². The van der Waals surface area contributed by atoms with Crippen LogP contribution in [0.1, 0.15) is 42.1 Å². The second-order valence-corrected chi connectivity index (χ2v) is 8.87. The van der Waals surface area contributed by atoms with E-state index >= 15 is 0 Å². The third-order valence-corrected chi connectivity index (χ3v) is 6.63. The van der Waals surface area contributed by atoms with Gasteiger partial charge in [-0.25, -0.2) is 9.78 Å². The van der Waals surface area contributed by atoms with Crippen LogP contribution in [0, 0.1) is 0 Å². The maximum absolute atomic E-state index is 14.2. The number of halogens is 3. The van der Waals surface area contributed by atoms with Gasteiger partial charge in [-0.3, -0.25) is 0 Å². The molecule has 0 saturated carbocycles. The fraction of sp³-hybridized carbons (Fsp3) is 0.476. The minimum absolute atomic E-state index is 0.0287. The minimum atomic E-state index is -4.82. The summed E-state index contributed by atoms with van der Waals surface area (Å²) >= 11 is 1.24. The van der Waals surface area contributed by atoms with E-state index in [-0.39, 0.29) is 30.3 Å². The van der Waals surface area contributed by atoms with E-state index < -0.39 is 28.8 Å². The van der Waals surface area contributed by atoms with E-state index in [1.54, 1.807) is 18.5 Å². The smallest absolute Gasteiger partial charge is 0.419 e. The van der Waals surface area contributed by atoms with E-state index in [0.29, 0.717) is 23.7 Å². The molecule has 2 fully saturated rings. The van der Waals surface area contributed by atoms with Gasteiger partial charge >= 0.3 is 12.1 Å². The van der Waals surface area contributed by atoms with Crippen molar-refractivity contribution in [1.82, 2.24) is 15.3 Å². The Morgan fingerprint density at radius 1 is 1.34 bits per heavy atom. The first-order chi connectivity index (χ1) is 15.3. The van der Waals surface area contributed by atoms with Crippen LogP contribution in [0.25, 0.3) is 21.7 Å². The standard InChI is InChI=1S/C21H21F3N4O3S/c1-2-30-19(29)13-8-14(18-25-6-7-32-18)17-16(15(13)21(22,23)24)27-20(31-17)28-9-11-4-3-5-12(10-28)26-11/h6-8,11-12,26H,2-5,9-10H2,1H3. The lowest BCUT2D eigenvalue weighted by atomic mass is 9.94. The Balaban J connectivity index is 1.71. The van der Waals surface area contributed by atoms with Crippen LogP contribution in [-0.4, -0.2) is 47.7 Å². The first kappa shape index (κ1) is 21.2. The normalized spacial score (nSPS) is 21.2. The summed E-state index contributed by atoms with van der Waals surface area (Å²) in [5.74, 6) is -1.05. The van der Waals surface area contributed by atoms with Crippen molar-refractivity contribution in [2.75, 3.05) is 24.6 Å². The van der Waals surface area contributed by atoms with Crippen molar-refractivity contribution in [3.05, 3.63) is 28.8 Å². The van der Waals surface area contributed by atoms with Gasteiger partial charge in [0.25, 0.3) is 6.01 Å². The molecule has 5 rings (SSSR count). The van der Waals surface area contributed by atoms with Crippen LogP contribution in [0.3, 0.4) is 0 Å². The number of aromatic nitrogens is 2. The second kappa shape index (κ2) is 8.04. The number of benzene rings is 1. The van der Waals surface area contributed by atoms with Gasteiger partial charge in [-0.1, -0.05) is 6.42 Å². The molecule has 32 heavy (non-hydrogen) atoms. The summed E-state index contributed by atoms with van der Waals surface area (Å²) in [4.78, 5) is 22.9. The monoisotopic (exact) mass is 466 g/mol. The molecule has 3 aromatic rings. The SMILES string of the molecule is CCOC(=O)c1cc(-c2nccs2)c2oc(N3CC4CCCC(C3)N4)nc2c1C(F)(F)F. The van der Waals surface area contributed by atoms with Gasteiger partial charge < -0.3 is 19.4 Å². The second-order valence-electron chi connectivity index (χ2n) is 7.97.